The summed E-state index contributed by atoms with van der Waals surface area (Å²) in [5.41, 5.74) is 2.44. The summed E-state index contributed by atoms with van der Waals surface area (Å²) in [7, 11) is 1.72. The summed E-state index contributed by atoms with van der Waals surface area (Å²) in [6.07, 6.45) is 2.28. The van der Waals surface area contributed by atoms with E-state index in [1.807, 2.05) is 0 Å². The Labute approximate surface area is 138 Å². The number of rotatable bonds is 4. The van der Waals surface area contributed by atoms with Gasteiger partial charge in [0.1, 0.15) is 5.75 Å². The largest absolute Gasteiger partial charge is 0.496 e. The molecule has 0 spiro atoms. The molecule has 1 amide bonds. The number of amides is 1. The summed E-state index contributed by atoms with van der Waals surface area (Å²) in [4.78, 5) is 16.7. The van der Waals surface area contributed by atoms with Gasteiger partial charge in [-0.2, -0.15) is 0 Å². The zero-order valence-electron chi connectivity index (χ0n) is 14.2. The van der Waals surface area contributed by atoms with Gasteiger partial charge in [-0.1, -0.05) is 12.1 Å². The number of carbonyl (C=O) groups is 1. The third kappa shape index (κ3) is 3.85. The van der Waals surface area contributed by atoms with Gasteiger partial charge >= 0.3 is 0 Å². The summed E-state index contributed by atoms with van der Waals surface area (Å²) in [6.45, 7) is 7.32. The molecule has 126 valence electrons. The third-order valence-corrected chi connectivity index (χ3v) is 4.93. The number of aryl methyl sites for hydroxylation is 1. The van der Waals surface area contributed by atoms with E-state index in [9.17, 15) is 4.79 Å². The van der Waals surface area contributed by atoms with Gasteiger partial charge in [0.2, 0.25) is 5.91 Å². The average Bonchev–Trinajstić information content (AvgIpc) is 2.57. The van der Waals surface area contributed by atoms with E-state index >= 15 is 0 Å². The van der Waals surface area contributed by atoms with E-state index in [4.69, 9.17) is 4.74 Å². The van der Waals surface area contributed by atoms with E-state index in [0.717, 1.165) is 51.3 Å². The second kappa shape index (κ2) is 7.32. The normalized spacial score (nSPS) is 23.1. The van der Waals surface area contributed by atoms with Gasteiger partial charge in [0.15, 0.2) is 0 Å². The van der Waals surface area contributed by atoms with Crippen LogP contribution < -0.4 is 10.1 Å². The van der Waals surface area contributed by atoms with Crippen LogP contribution >= 0.6 is 0 Å². The smallest absolute Gasteiger partial charge is 0.236 e. The van der Waals surface area contributed by atoms with Gasteiger partial charge in [-0.3, -0.25) is 9.69 Å². The van der Waals surface area contributed by atoms with Crippen LogP contribution in [0.4, 0.5) is 0 Å². The van der Waals surface area contributed by atoms with Crippen LogP contribution in [0.15, 0.2) is 18.2 Å². The van der Waals surface area contributed by atoms with Crippen molar-refractivity contribution in [1.82, 2.24) is 15.1 Å². The van der Waals surface area contributed by atoms with E-state index in [2.05, 4.69) is 40.2 Å². The van der Waals surface area contributed by atoms with Crippen LogP contribution in [0, 0.1) is 6.92 Å². The molecule has 5 nitrogen and oxygen atoms in total. The lowest BCUT2D eigenvalue weighted by Gasteiger charge is -2.41. The molecule has 3 rings (SSSR count). The first kappa shape index (κ1) is 16.3. The fourth-order valence-electron chi connectivity index (χ4n) is 3.66. The maximum atomic E-state index is 12.1. The van der Waals surface area contributed by atoms with E-state index in [1.165, 1.54) is 11.1 Å². The quantitative estimate of drug-likeness (QED) is 0.912. The van der Waals surface area contributed by atoms with Crippen LogP contribution in [-0.2, 0) is 11.3 Å². The first-order valence-electron chi connectivity index (χ1n) is 8.53. The number of piperazine rings is 1. The third-order valence-electron chi connectivity index (χ3n) is 4.93. The predicted molar refractivity (Wildman–Crippen MR) is 90.6 cm³/mol. The monoisotopic (exact) mass is 317 g/mol. The Morgan fingerprint density at radius 3 is 3.00 bits per heavy atom. The van der Waals surface area contributed by atoms with Crippen LogP contribution in [0.2, 0.25) is 0 Å². The molecule has 0 saturated carbocycles. The standard InChI is InChI=1S/C18H27N3O2/c1-14-5-6-15(10-17(14)23-2)12-20-8-3-4-16(13-20)21-9-7-19-11-18(21)22/h5-6,10,16,19H,3-4,7-9,11-13H2,1-2H3. The highest BCUT2D eigenvalue weighted by Crippen LogP contribution is 2.22. The molecule has 1 atom stereocenters. The highest BCUT2D eigenvalue weighted by Gasteiger charge is 2.29. The number of benzene rings is 1. The van der Waals surface area contributed by atoms with E-state index in [-0.39, 0.29) is 5.91 Å². The predicted octanol–water partition coefficient (Wildman–Crippen LogP) is 1.40. The molecule has 2 saturated heterocycles. The zero-order valence-corrected chi connectivity index (χ0v) is 14.2. The molecule has 5 heteroatoms. The first-order valence-corrected chi connectivity index (χ1v) is 8.53. The van der Waals surface area contributed by atoms with Crippen LogP contribution in [0.25, 0.3) is 0 Å². The van der Waals surface area contributed by atoms with Gasteiger partial charge in [0, 0.05) is 32.2 Å². The number of piperidine rings is 1. The molecule has 1 aromatic rings. The number of hydrogen-bond donors (Lipinski definition) is 1. The lowest BCUT2D eigenvalue weighted by Crippen LogP contribution is -2.56. The highest BCUT2D eigenvalue weighted by molar-refractivity contribution is 5.79. The molecule has 23 heavy (non-hydrogen) atoms. The van der Waals surface area contributed by atoms with Gasteiger partial charge in [-0.15, -0.1) is 0 Å². The SMILES string of the molecule is COc1cc(CN2CCCC(N3CCNCC3=O)C2)ccc1C. The van der Waals surface area contributed by atoms with Crippen molar-refractivity contribution >= 4 is 5.91 Å². The van der Waals surface area contributed by atoms with E-state index < -0.39 is 0 Å². The molecule has 0 bridgehead atoms. The molecule has 2 aliphatic rings. The van der Waals surface area contributed by atoms with Crippen molar-refractivity contribution in [3.8, 4) is 5.75 Å². The molecule has 2 heterocycles. The number of likely N-dealkylation sites (tertiary alicyclic amines) is 1. The molecule has 0 aromatic heterocycles. The molecule has 0 aliphatic carbocycles. The zero-order chi connectivity index (χ0) is 16.2. The highest BCUT2D eigenvalue weighted by atomic mass is 16.5. The van der Waals surface area contributed by atoms with E-state index in [0.29, 0.717) is 12.6 Å². The number of nitrogens with zero attached hydrogens (tertiary/aromatic N) is 2. The Bertz CT molecular complexity index is 561. The van der Waals surface area contributed by atoms with Gasteiger partial charge in [-0.25, -0.2) is 0 Å². The molecule has 1 N–H and O–H groups in total. The van der Waals surface area contributed by atoms with Crippen molar-refractivity contribution in [2.24, 2.45) is 0 Å². The number of methoxy groups -OCH3 is 1. The fourth-order valence-corrected chi connectivity index (χ4v) is 3.66. The van der Waals surface area contributed by atoms with E-state index in [1.54, 1.807) is 7.11 Å². The Kier molecular flexibility index (Phi) is 5.18. The second-order valence-corrected chi connectivity index (χ2v) is 6.60. The second-order valence-electron chi connectivity index (χ2n) is 6.60. The molecule has 0 radical (unpaired) electrons. The number of ether oxygens (including phenoxy) is 1. The fraction of sp³-hybridized carbons (Fsp3) is 0.611. The summed E-state index contributed by atoms with van der Waals surface area (Å²) >= 11 is 0. The minimum Gasteiger partial charge on any atom is -0.496 e. The number of nitrogens with one attached hydrogen (secondary N) is 1. The summed E-state index contributed by atoms with van der Waals surface area (Å²) in [5, 5.41) is 3.15. The summed E-state index contributed by atoms with van der Waals surface area (Å²) < 4.78 is 5.43. The Hall–Kier alpha value is -1.59. The molecular weight excluding hydrogens is 290 g/mol. The number of hydrogen-bond acceptors (Lipinski definition) is 4. The molecule has 2 aliphatic heterocycles. The van der Waals surface area contributed by atoms with Gasteiger partial charge in [-0.05, 0) is 43.5 Å². The van der Waals surface area contributed by atoms with Gasteiger partial charge in [0.05, 0.1) is 13.7 Å². The number of carbonyl (C=O) groups excluding carboxylic acids is 1. The Morgan fingerprint density at radius 1 is 1.35 bits per heavy atom. The van der Waals surface area contributed by atoms with Crippen LogP contribution in [0.1, 0.15) is 24.0 Å². The maximum absolute atomic E-state index is 12.1. The van der Waals surface area contributed by atoms with Crippen LogP contribution in [0.5, 0.6) is 5.75 Å². The summed E-state index contributed by atoms with van der Waals surface area (Å²) in [6, 6.07) is 6.80. The molecule has 2 fully saturated rings. The average molecular weight is 317 g/mol. The van der Waals surface area contributed by atoms with Crippen molar-refractivity contribution in [3.05, 3.63) is 29.3 Å². The van der Waals surface area contributed by atoms with Crippen molar-refractivity contribution < 1.29 is 9.53 Å². The van der Waals surface area contributed by atoms with Crippen molar-refractivity contribution in [2.45, 2.75) is 32.4 Å². The van der Waals surface area contributed by atoms with Crippen molar-refractivity contribution in [3.63, 3.8) is 0 Å². The molecular formula is C18H27N3O2. The minimum atomic E-state index is 0.250. The maximum Gasteiger partial charge on any atom is 0.236 e. The van der Waals surface area contributed by atoms with Crippen molar-refractivity contribution in [1.29, 1.82) is 0 Å². The topological polar surface area (TPSA) is 44.8 Å². The first-order chi connectivity index (χ1) is 11.2. The Balaban J connectivity index is 1.63. The lowest BCUT2D eigenvalue weighted by molar-refractivity contribution is -0.135. The lowest BCUT2D eigenvalue weighted by atomic mass is 10.0. The van der Waals surface area contributed by atoms with Crippen LogP contribution in [0.3, 0.4) is 0 Å². The summed E-state index contributed by atoms with van der Waals surface area (Å²) in [5.74, 6) is 1.20. The van der Waals surface area contributed by atoms with Gasteiger partial charge < -0.3 is 15.0 Å². The van der Waals surface area contributed by atoms with Crippen LogP contribution in [-0.4, -0.2) is 61.6 Å². The van der Waals surface area contributed by atoms with Crippen molar-refractivity contribution in [2.75, 3.05) is 39.8 Å². The molecule has 1 unspecified atom stereocenters. The Morgan fingerprint density at radius 2 is 2.22 bits per heavy atom. The van der Waals surface area contributed by atoms with Gasteiger partial charge in [0.25, 0.3) is 0 Å². The minimum absolute atomic E-state index is 0.250. The molecule has 1 aromatic carbocycles.